The molecule has 0 unspecified atom stereocenters. The number of carboxylic acids is 1. The van der Waals surface area contributed by atoms with Gasteiger partial charge < -0.3 is 10.8 Å². The number of benzene rings is 1. The number of carboxylic acid groups (broad SMARTS) is 1. The largest absolute Gasteiger partial charge is 0.478 e. The number of hydrogen-bond donors (Lipinski definition) is 2. The molecule has 0 fully saturated rings. The molecule has 0 aliphatic carbocycles. The average Bonchev–Trinajstić information content (AvgIpc) is 2.18. The Morgan fingerprint density at radius 1 is 1.60 bits per heavy atom. The summed E-state index contributed by atoms with van der Waals surface area (Å²) in [6.07, 6.45) is 3.27. The molecule has 0 saturated carbocycles. The summed E-state index contributed by atoms with van der Waals surface area (Å²) in [6, 6.07) is 2.10. The zero-order chi connectivity index (χ0) is 11.4. The topological polar surface area (TPSA) is 63.3 Å². The van der Waals surface area contributed by atoms with Gasteiger partial charge in [0.25, 0.3) is 0 Å². The van der Waals surface area contributed by atoms with Gasteiger partial charge in [-0.15, -0.1) is 0 Å². The van der Waals surface area contributed by atoms with Crippen LogP contribution in [0.4, 0.5) is 10.1 Å². The maximum atomic E-state index is 13.0. The lowest BCUT2D eigenvalue weighted by Gasteiger charge is -2.05. The number of alkyl halides is 1. The van der Waals surface area contributed by atoms with Crippen molar-refractivity contribution in [3.05, 3.63) is 35.2 Å². The van der Waals surface area contributed by atoms with Crippen molar-refractivity contribution >= 4 is 33.7 Å². The SMILES string of the molecule is Nc1c(C=CCBr)cc(F)cc1C(=O)O. The van der Waals surface area contributed by atoms with Crippen LogP contribution >= 0.6 is 15.9 Å². The van der Waals surface area contributed by atoms with Crippen LogP contribution in [-0.4, -0.2) is 16.4 Å². The Labute approximate surface area is 94.5 Å². The number of aromatic carboxylic acids is 1. The minimum absolute atomic E-state index is 0.0705. The molecular weight excluding hydrogens is 265 g/mol. The third-order valence-corrected chi connectivity index (χ3v) is 2.17. The molecule has 80 valence electrons. The Morgan fingerprint density at radius 3 is 2.80 bits per heavy atom. The van der Waals surface area contributed by atoms with Crippen LogP contribution in [0.1, 0.15) is 15.9 Å². The highest BCUT2D eigenvalue weighted by Gasteiger charge is 2.12. The maximum absolute atomic E-state index is 13.0. The van der Waals surface area contributed by atoms with Gasteiger partial charge in [0.15, 0.2) is 0 Å². The third-order valence-electron chi connectivity index (χ3n) is 1.79. The molecule has 1 rings (SSSR count). The van der Waals surface area contributed by atoms with Gasteiger partial charge in [-0.3, -0.25) is 0 Å². The number of nitrogen functional groups attached to an aromatic ring is 1. The normalized spacial score (nSPS) is 10.8. The quantitative estimate of drug-likeness (QED) is 0.657. The maximum Gasteiger partial charge on any atom is 0.337 e. The van der Waals surface area contributed by atoms with Crippen molar-refractivity contribution < 1.29 is 14.3 Å². The fraction of sp³-hybridized carbons (Fsp3) is 0.100. The van der Waals surface area contributed by atoms with Gasteiger partial charge in [-0.2, -0.15) is 0 Å². The van der Waals surface area contributed by atoms with Crippen molar-refractivity contribution in [1.82, 2.24) is 0 Å². The predicted molar refractivity (Wildman–Crippen MR) is 60.6 cm³/mol. The standard InChI is InChI=1S/C10H9BrFNO2/c11-3-1-2-6-4-7(12)5-8(9(6)13)10(14)15/h1-2,4-5H,3,13H2,(H,14,15). The predicted octanol–water partition coefficient (Wildman–Crippen LogP) is 2.51. The molecular formula is C10H9BrFNO2. The van der Waals surface area contributed by atoms with Crippen LogP contribution in [0.3, 0.4) is 0 Å². The summed E-state index contributed by atoms with van der Waals surface area (Å²) < 4.78 is 13.0. The van der Waals surface area contributed by atoms with E-state index in [0.29, 0.717) is 10.9 Å². The number of hydrogen-bond acceptors (Lipinski definition) is 2. The Morgan fingerprint density at radius 2 is 2.27 bits per heavy atom. The third kappa shape index (κ3) is 2.79. The van der Waals surface area contributed by atoms with Crippen molar-refractivity contribution in [3.63, 3.8) is 0 Å². The van der Waals surface area contributed by atoms with Crippen molar-refractivity contribution in [3.8, 4) is 0 Å². The smallest absolute Gasteiger partial charge is 0.337 e. The van der Waals surface area contributed by atoms with E-state index in [0.717, 1.165) is 6.07 Å². The minimum Gasteiger partial charge on any atom is -0.478 e. The van der Waals surface area contributed by atoms with Crippen molar-refractivity contribution in [2.24, 2.45) is 0 Å². The minimum atomic E-state index is -1.24. The Bertz CT molecular complexity index is 418. The second-order valence-corrected chi connectivity index (χ2v) is 3.47. The lowest BCUT2D eigenvalue weighted by Crippen LogP contribution is -2.05. The summed E-state index contributed by atoms with van der Waals surface area (Å²) >= 11 is 3.16. The first-order valence-electron chi connectivity index (χ1n) is 4.11. The second-order valence-electron chi connectivity index (χ2n) is 2.82. The monoisotopic (exact) mass is 273 g/mol. The highest BCUT2D eigenvalue weighted by atomic mass is 79.9. The fourth-order valence-electron chi connectivity index (χ4n) is 1.13. The van der Waals surface area contributed by atoms with Crippen molar-refractivity contribution in [2.45, 2.75) is 0 Å². The summed E-state index contributed by atoms with van der Waals surface area (Å²) in [6.45, 7) is 0. The molecule has 0 aromatic heterocycles. The molecule has 0 spiro atoms. The van der Waals surface area contributed by atoms with Gasteiger partial charge in [-0.1, -0.05) is 28.1 Å². The van der Waals surface area contributed by atoms with Gasteiger partial charge >= 0.3 is 5.97 Å². The van der Waals surface area contributed by atoms with E-state index in [-0.39, 0.29) is 11.3 Å². The summed E-state index contributed by atoms with van der Waals surface area (Å²) in [5.74, 6) is -1.85. The van der Waals surface area contributed by atoms with Crippen LogP contribution in [0.2, 0.25) is 0 Å². The molecule has 0 saturated heterocycles. The van der Waals surface area contributed by atoms with Gasteiger partial charge in [0.1, 0.15) is 5.82 Å². The number of nitrogens with two attached hydrogens (primary N) is 1. The number of carbonyl (C=O) groups is 1. The molecule has 0 atom stereocenters. The zero-order valence-electron chi connectivity index (χ0n) is 7.71. The van der Waals surface area contributed by atoms with Crippen molar-refractivity contribution in [2.75, 3.05) is 11.1 Å². The van der Waals surface area contributed by atoms with Crippen LogP contribution < -0.4 is 5.73 Å². The molecule has 0 amide bonds. The summed E-state index contributed by atoms with van der Waals surface area (Å²) in [7, 11) is 0. The van der Waals surface area contributed by atoms with E-state index in [9.17, 15) is 9.18 Å². The first-order valence-corrected chi connectivity index (χ1v) is 5.23. The van der Waals surface area contributed by atoms with Crippen LogP contribution in [0, 0.1) is 5.82 Å². The van der Waals surface area contributed by atoms with Gasteiger partial charge in [-0.25, -0.2) is 9.18 Å². The molecule has 1 aromatic rings. The number of anilines is 1. The van der Waals surface area contributed by atoms with Gasteiger partial charge in [0, 0.05) is 10.9 Å². The van der Waals surface area contributed by atoms with Crippen LogP contribution in [-0.2, 0) is 0 Å². The molecule has 0 heterocycles. The van der Waals surface area contributed by atoms with Gasteiger partial charge in [0.2, 0.25) is 0 Å². The van der Waals surface area contributed by atoms with E-state index < -0.39 is 11.8 Å². The van der Waals surface area contributed by atoms with Crippen molar-refractivity contribution in [1.29, 1.82) is 0 Å². The van der Waals surface area contributed by atoms with E-state index in [2.05, 4.69) is 15.9 Å². The Kier molecular flexibility index (Phi) is 3.85. The first kappa shape index (κ1) is 11.7. The highest BCUT2D eigenvalue weighted by Crippen LogP contribution is 2.21. The fourth-order valence-corrected chi connectivity index (χ4v) is 1.31. The average molecular weight is 274 g/mol. The van der Waals surface area contributed by atoms with E-state index in [1.54, 1.807) is 12.2 Å². The molecule has 0 radical (unpaired) electrons. The number of allylic oxidation sites excluding steroid dienone is 1. The van der Waals surface area contributed by atoms with Gasteiger partial charge in [-0.05, 0) is 12.1 Å². The van der Waals surface area contributed by atoms with Crippen LogP contribution in [0.15, 0.2) is 18.2 Å². The number of rotatable bonds is 3. The molecule has 0 aliphatic rings. The Hall–Kier alpha value is -1.36. The molecule has 0 bridgehead atoms. The lowest BCUT2D eigenvalue weighted by atomic mass is 10.1. The van der Waals surface area contributed by atoms with Crippen LogP contribution in [0.5, 0.6) is 0 Å². The molecule has 15 heavy (non-hydrogen) atoms. The van der Waals surface area contributed by atoms with E-state index in [4.69, 9.17) is 10.8 Å². The molecule has 3 N–H and O–H groups in total. The summed E-state index contributed by atoms with van der Waals surface area (Å²) in [5, 5.41) is 9.35. The molecule has 5 heteroatoms. The summed E-state index contributed by atoms with van der Waals surface area (Å²) in [4.78, 5) is 10.7. The molecule has 3 nitrogen and oxygen atoms in total. The highest BCUT2D eigenvalue weighted by molar-refractivity contribution is 9.09. The second kappa shape index (κ2) is 4.93. The van der Waals surface area contributed by atoms with E-state index >= 15 is 0 Å². The lowest BCUT2D eigenvalue weighted by molar-refractivity contribution is 0.0697. The van der Waals surface area contributed by atoms with E-state index in [1.807, 2.05) is 0 Å². The number of halogens is 2. The van der Waals surface area contributed by atoms with E-state index in [1.165, 1.54) is 6.07 Å². The summed E-state index contributed by atoms with van der Waals surface area (Å²) in [5.41, 5.74) is 5.80. The van der Waals surface area contributed by atoms with Crippen LogP contribution in [0.25, 0.3) is 6.08 Å². The Balaban J connectivity index is 3.28. The zero-order valence-corrected chi connectivity index (χ0v) is 9.29. The van der Waals surface area contributed by atoms with Gasteiger partial charge in [0.05, 0.1) is 11.3 Å². The molecule has 1 aromatic carbocycles. The first-order chi connectivity index (χ1) is 7.06. The molecule has 0 aliphatic heterocycles.